The second-order valence-electron chi connectivity index (χ2n) is 7.82. The van der Waals surface area contributed by atoms with Crippen molar-refractivity contribution in [3.8, 4) is 0 Å². The van der Waals surface area contributed by atoms with E-state index in [1.807, 2.05) is 0 Å². The highest BCUT2D eigenvalue weighted by Gasteiger charge is 2.71. The third-order valence-corrected chi connectivity index (χ3v) is 6.37. The smallest absolute Gasteiger partial charge is 0.241 e. The minimum Gasteiger partial charge on any atom is -0.377 e. The van der Waals surface area contributed by atoms with Crippen molar-refractivity contribution in [1.82, 2.24) is 5.32 Å². The van der Waals surface area contributed by atoms with Gasteiger partial charge in [-0.1, -0.05) is 13.8 Å². The molecule has 5 heteroatoms. The van der Waals surface area contributed by atoms with Crippen molar-refractivity contribution in [1.29, 1.82) is 0 Å². The fourth-order valence-electron chi connectivity index (χ4n) is 4.79. The third kappa shape index (κ3) is 1.77. The van der Waals surface area contributed by atoms with Crippen LogP contribution >= 0.6 is 0 Å². The van der Waals surface area contributed by atoms with E-state index >= 15 is 0 Å². The predicted octanol–water partition coefficient (Wildman–Crippen LogP) is 0.813. The van der Waals surface area contributed by atoms with Crippen molar-refractivity contribution in [3.63, 3.8) is 0 Å². The first-order chi connectivity index (χ1) is 9.96. The Balaban J connectivity index is 1.49. The summed E-state index contributed by atoms with van der Waals surface area (Å²) in [5, 5.41) is 3.22. The first-order valence-corrected chi connectivity index (χ1v) is 8.29. The van der Waals surface area contributed by atoms with Gasteiger partial charge in [0.15, 0.2) is 0 Å². The number of fused-ring (bicyclic) bond motifs is 1. The Hall–Kier alpha value is -0.650. The zero-order chi connectivity index (χ0) is 14.8. The highest BCUT2D eigenvalue weighted by Crippen LogP contribution is 2.58. The molecular formula is C16H26N2O3. The number of amides is 1. The Bertz CT molecular complexity index is 462. The molecule has 0 aromatic rings. The molecule has 5 unspecified atom stereocenters. The summed E-state index contributed by atoms with van der Waals surface area (Å²) in [6.07, 6.45) is 4.60. The van der Waals surface area contributed by atoms with E-state index in [1.54, 1.807) is 0 Å². The number of carbonyl (C=O) groups is 1. The van der Waals surface area contributed by atoms with Gasteiger partial charge in [0.25, 0.3) is 0 Å². The molecule has 2 aliphatic heterocycles. The second kappa shape index (κ2) is 4.43. The van der Waals surface area contributed by atoms with Gasteiger partial charge in [0.2, 0.25) is 5.91 Å². The van der Waals surface area contributed by atoms with Crippen LogP contribution < -0.4 is 11.1 Å². The summed E-state index contributed by atoms with van der Waals surface area (Å²) in [5.41, 5.74) is 5.49. The van der Waals surface area contributed by atoms with Gasteiger partial charge in [-0.3, -0.25) is 4.79 Å². The Labute approximate surface area is 125 Å². The highest BCUT2D eigenvalue weighted by atomic mass is 16.5. The van der Waals surface area contributed by atoms with Crippen molar-refractivity contribution >= 4 is 5.91 Å². The van der Waals surface area contributed by atoms with Crippen LogP contribution in [0.5, 0.6) is 0 Å². The Morgan fingerprint density at radius 2 is 1.86 bits per heavy atom. The van der Waals surface area contributed by atoms with Crippen molar-refractivity contribution < 1.29 is 14.3 Å². The van der Waals surface area contributed by atoms with Crippen LogP contribution in [0.3, 0.4) is 0 Å². The van der Waals surface area contributed by atoms with Crippen molar-refractivity contribution in [3.05, 3.63) is 0 Å². The van der Waals surface area contributed by atoms with Crippen LogP contribution in [0.15, 0.2) is 0 Å². The fraction of sp³-hybridized carbons (Fsp3) is 0.938. The molecule has 2 heterocycles. The van der Waals surface area contributed by atoms with Gasteiger partial charge in [0.05, 0.1) is 18.2 Å². The lowest BCUT2D eigenvalue weighted by Crippen LogP contribution is -2.80. The molecular weight excluding hydrogens is 268 g/mol. The molecule has 4 aliphatic rings. The molecule has 4 rings (SSSR count). The highest BCUT2D eigenvalue weighted by molar-refractivity contribution is 5.90. The van der Waals surface area contributed by atoms with E-state index < -0.39 is 5.54 Å². The van der Waals surface area contributed by atoms with Crippen LogP contribution in [0.2, 0.25) is 0 Å². The number of hydrogen-bond donors (Lipinski definition) is 2. The minimum atomic E-state index is -0.801. The number of nitrogens with two attached hydrogens (primary N) is 1. The predicted molar refractivity (Wildman–Crippen MR) is 77.6 cm³/mol. The standard InChI is InChI=1S/C16H26N2O3/c1-15(2)13-10(5-7-21-13)16(15,17)14(19)18-11-6-8-20-12(11)9-3-4-9/h9-13H,3-8,17H2,1-2H3,(H,18,19). The fourth-order valence-corrected chi connectivity index (χ4v) is 4.79. The maximum atomic E-state index is 12.9. The van der Waals surface area contributed by atoms with E-state index in [9.17, 15) is 4.79 Å². The first kappa shape index (κ1) is 14.0. The van der Waals surface area contributed by atoms with Crippen LogP contribution in [0.1, 0.15) is 39.5 Å². The molecule has 3 N–H and O–H groups in total. The van der Waals surface area contributed by atoms with Gasteiger partial charge in [-0.25, -0.2) is 0 Å². The Morgan fingerprint density at radius 1 is 1.14 bits per heavy atom. The topological polar surface area (TPSA) is 73.6 Å². The number of carbonyl (C=O) groups excluding carboxylic acids is 1. The Morgan fingerprint density at radius 3 is 2.57 bits per heavy atom. The number of nitrogens with one attached hydrogen (secondary N) is 1. The molecule has 1 amide bonds. The van der Waals surface area contributed by atoms with Crippen LogP contribution in [0.25, 0.3) is 0 Å². The van der Waals surface area contributed by atoms with Crippen LogP contribution in [-0.2, 0) is 14.3 Å². The van der Waals surface area contributed by atoms with E-state index in [0.29, 0.717) is 5.92 Å². The van der Waals surface area contributed by atoms with E-state index in [-0.39, 0.29) is 35.5 Å². The quantitative estimate of drug-likeness (QED) is 0.808. The van der Waals surface area contributed by atoms with Gasteiger partial charge in [-0.15, -0.1) is 0 Å². The zero-order valence-electron chi connectivity index (χ0n) is 12.9. The zero-order valence-corrected chi connectivity index (χ0v) is 12.9. The maximum Gasteiger partial charge on any atom is 0.241 e. The summed E-state index contributed by atoms with van der Waals surface area (Å²) < 4.78 is 11.6. The van der Waals surface area contributed by atoms with E-state index in [1.165, 1.54) is 12.8 Å². The maximum absolute atomic E-state index is 12.9. The van der Waals surface area contributed by atoms with Gasteiger partial charge in [-0.05, 0) is 31.6 Å². The second-order valence-corrected chi connectivity index (χ2v) is 7.82. The number of hydrogen-bond acceptors (Lipinski definition) is 4. The summed E-state index contributed by atoms with van der Waals surface area (Å²) in [6.45, 7) is 5.59. The number of ether oxygens (including phenoxy) is 2. The molecule has 0 spiro atoms. The summed E-state index contributed by atoms with van der Waals surface area (Å²) in [6, 6.07) is 0.141. The van der Waals surface area contributed by atoms with Crippen LogP contribution in [-0.4, -0.2) is 42.9 Å². The first-order valence-electron chi connectivity index (χ1n) is 8.29. The van der Waals surface area contributed by atoms with E-state index in [4.69, 9.17) is 15.2 Å². The molecule has 0 bridgehead atoms. The molecule has 0 aromatic carbocycles. The summed E-state index contributed by atoms with van der Waals surface area (Å²) in [7, 11) is 0. The van der Waals surface area contributed by atoms with Crippen molar-refractivity contribution in [2.75, 3.05) is 13.2 Å². The third-order valence-electron chi connectivity index (χ3n) is 6.37. The van der Waals surface area contributed by atoms with Gasteiger partial charge < -0.3 is 20.5 Å². The minimum absolute atomic E-state index is 0.000370. The van der Waals surface area contributed by atoms with Crippen molar-refractivity contribution in [2.24, 2.45) is 23.0 Å². The van der Waals surface area contributed by atoms with Gasteiger partial charge in [0.1, 0.15) is 5.54 Å². The molecule has 5 nitrogen and oxygen atoms in total. The van der Waals surface area contributed by atoms with Crippen molar-refractivity contribution in [2.45, 2.75) is 63.3 Å². The summed E-state index contributed by atoms with van der Waals surface area (Å²) in [4.78, 5) is 12.9. The largest absolute Gasteiger partial charge is 0.377 e. The normalized spacial score (nSPS) is 47.8. The van der Waals surface area contributed by atoms with Crippen LogP contribution in [0, 0.1) is 17.3 Å². The van der Waals surface area contributed by atoms with E-state index in [2.05, 4.69) is 19.2 Å². The summed E-state index contributed by atoms with van der Waals surface area (Å²) in [5.74, 6) is 0.804. The molecule has 0 radical (unpaired) electrons. The molecule has 21 heavy (non-hydrogen) atoms. The molecule has 5 atom stereocenters. The van der Waals surface area contributed by atoms with Crippen LogP contribution in [0.4, 0.5) is 0 Å². The molecule has 2 saturated carbocycles. The Kier molecular flexibility index (Phi) is 2.95. The van der Waals surface area contributed by atoms with Gasteiger partial charge in [0, 0.05) is 24.5 Å². The summed E-state index contributed by atoms with van der Waals surface area (Å²) >= 11 is 0. The lowest BCUT2D eigenvalue weighted by atomic mass is 9.48. The monoisotopic (exact) mass is 294 g/mol. The molecule has 118 valence electrons. The lowest BCUT2D eigenvalue weighted by molar-refractivity contribution is -0.176. The average molecular weight is 294 g/mol. The SMILES string of the molecule is CC1(C)C2OCCC2C1(N)C(=O)NC1CCOC1C1CC1. The van der Waals surface area contributed by atoms with Gasteiger partial charge >= 0.3 is 0 Å². The molecule has 0 aromatic heterocycles. The number of rotatable bonds is 3. The molecule has 4 fully saturated rings. The average Bonchev–Trinajstić information content (AvgIpc) is 3.01. The lowest BCUT2D eigenvalue weighted by Gasteiger charge is -2.60. The molecule has 2 aliphatic carbocycles. The van der Waals surface area contributed by atoms with E-state index in [0.717, 1.165) is 26.1 Å². The molecule has 2 saturated heterocycles. The van der Waals surface area contributed by atoms with Gasteiger partial charge in [-0.2, -0.15) is 0 Å².